The summed E-state index contributed by atoms with van der Waals surface area (Å²) in [4.78, 5) is 0. The Morgan fingerprint density at radius 3 is 1.68 bits per heavy atom. The van der Waals surface area contributed by atoms with Gasteiger partial charge in [0.2, 0.25) is 0 Å². The summed E-state index contributed by atoms with van der Waals surface area (Å²) in [5.41, 5.74) is 5.87. The second kappa shape index (κ2) is 8.05. The maximum atomic E-state index is 5.43. The lowest BCUT2D eigenvalue weighted by Crippen LogP contribution is -1.95. The van der Waals surface area contributed by atoms with Crippen molar-refractivity contribution in [3.8, 4) is 33.8 Å². The SMILES string of the molecule is COc1cccc(-c2cn(Cc3ccccc3)cc2-c2cccc(OC)c2)c1. The first-order chi connectivity index (χ1) is 13.8. The molecule has 0 radical (unpaired) electrons. The quantitative estimate of drug-likeness (QED) is 0.423. The van der Waals surface area contributed by atoms with E-state index in [1.54, 1.807) is 14.2 Å². The van der Waals surface area contributed by atoms with E-state index in [0.717, 1.165) is 29.2 Å². The predicted octanol–water partition coefficient (Wildman–Crippen LogP) is 5.89. The van der Waals surface area contributed by atoms with Crippen LogP contribution in [0.1, 0.15) is 5.56 Å². The van der Waals surface area contributed by atoms with Gasteiger partial charge in [-0.05, 0) is 41.0 Å². The number of hydrogen-bond donors (Lipinski definition) is 0. The van der Waals surface area contributed by atoms with Gasteiger partial charge in [-0.25, -0.2) is 0 Å². The molecule has 0 spiro atoms. The van der Waals surface area contributed by atoms with Gasteiger partial charge in [0.25, 0.3) is 0 Å². The van der Waals surface area contributed by atoms with Crippen LogP contribution in [0.3, 0.4) is 0 Å². The van der Waals surface area contributed by atoms with Crippen molar-refractivity contribution in [1.29, 1.82) is 0 Å². The number of aromatic nitrogens is 1. The molecule has 0 aliphatic heterocycles. The summed E-state index contributed by atoms with van der Waals surface area (Å²) < 4.78 is 13.1. The van der Waals surface area contributed by atoms with E-state index in [0.29, 0.717) is 0 Å². The lowest BCUT2D eigenvalue weighted by Gasteiger charge is -2.08. The number of nitrogens with zero attached hydrogens (tertiary/aromatic N) is 1. The van der Waals surface area contributed by atoms with E-state index in [-0.39, 0.29) is 0 Å². The van der Waals surface area contributed by atoms with Crippen LogP contribution in [-0.4, -0.2) is 18.8 Å². The molecule has 1 heterocycles. The summed E-state index contributed by atoms with van der Waals surface area (Å²) in [5.74, 6) is 1.70. The highest BCUT2D eigenvalue weighted by Crippen LogP contribution is 2.36. The Hall–Kier alpha value is -3.46. The first kappa shape index (κ1) is 17.9. The minimum absolute atomic E-state index is 0.821. The molecule has 140 valence electrons. The molecular weight excluding hydrogens is 346 g/mol. The highest BCUT2D eigenvalue weighted by atomic mass is 16.5. The molecule has 1 aromatic heterocycles. The lowest BCUT2D eigenvalue weighted by atomic mass is 9.99. The van der Waals surface area contributed by atoms with E-state index in [1.165, 1.54) is 16.7 Å². The number of benzene rings is 3. The molecule has 0 saturated carbocycles. The zero-order valence-corrected chi connectivity index (χ0v) is 16.1. The highest BCUT2D eigenvalue weighted by Gasteiger charge is 2.13. The van der Waals surface area contributed by atoms with Gasteiger partial charge in [0, 0.05) is 30.1 Å². The fraction of sp³-hybridized carbons (Fsp3) is 0.120. The molecule has 3 heteroatoms. The Morgan fingerprint density at radius 2 is 1.18 bits per heavy atom. The standard InChI is InChI=1S/C25H23NO2/c1-27-22-12-6-10-20(14-22)24-17-26(16-19-8-4-3-5-9-19)18-25(24)21-11-7-13-23(15-21)28-2/h3-15,17-18H,16H2,1-2H3. The molecule has 0 amide bonds. The number of ether oxygens (including phenoxy) is 2. The van der Waals surface area contributed by atoms with Gasteiger partial charge >= 0.3 is 0 Å². The van der Waals surface area contributed by atoms with Crippen molar-refractivity contribution in [3.05, 3.63) is 96.8 Å². The summed E-state index contributed by atoms with van der Waals surface area (Å²) >= 11 is 0. The van der Waals surface area contributed by atoms with Gasteiger partial charge in [0.1, 0.15) is 11.5 Å². The minimum atomic E-state index is 0.821. The Labute approximate surface area is 165 Å². The number of methoxy groups -OCH3 is 2. The minimum Gasteiger partial charge on any atom is -0.497 e. The fourth-order valence-electron chi connectivity index (χ4n) is 3.43. The largest absolute Gasteiger partial charge is 0.497 e. The number of hydrogen-bond acceptors (Lipinski definition) is 2. The Bertz CT molecular complexity index is 1000. The molecule has 4 aromatic rings. The van der Waals surface area contributed by atoms with Crippen LogP contribution < -0.4 is 9.47 Å². The molecule has 0 N–H and O–H groups in total. The number of rotatable bonds is 6. The Balaban J connectivity index is 1.82. The van der Waals surface area contributed by atoms with Crippen molar-refractivity contribution in [2.45, 2.75) is 6.54 Å². The van der Waals surface area contributed by atoms with Crippen LogP contribution >= 0.6 is 0 Å². The average molecular weight is 369 g/mol. The molecule has 0 unspecified atom stereocenters. The third kappa shape index (κ3) is 3.79. The van der Waals surface area contributed by atoms with Gasteiger partial charge < -0.3 is 14.0 Å². The van der Waals surface area contributed by atoms with Gasteiger partial charge in [0.15, 0.2) is 0 Å². The maximum absolute atomic E-state index is 5.43. The van der Waals surface area contributed by atoms with Gasteiger partial charge in [-0.3, -0.25) is 0 Å². The molecule has 4 rings (SSSR count). The van der Waals surface area contributed by atoms with Crippen molar-refractivity contribution in [3.63, 3.8) is 0 Å². The van der Waals surface area contributed by atoms with E-state index in [4.69, 9.17) is 9.47 Å². The monoisotopic (exact) mass is 369 g/mol. The van der Waals surface area contributed by atoms with E-state index in [9.17, 15) is 0 Å². The van der Waals surface area contributed by atoms with Gasteiger partial charge in [-0.1, -0.05) is 54.6 Å². The van der Waals surface area contributed by atoms with Crippen molar-refractivity contribution < 1.29 is 9.47 Å². The highest BCUT2D eigenvalue weighted by molar-refractivity contribution is 5.84. The van der Waals surface area contributed by atoms with Crippen LogP contribution in [-0.2, 0) is 6.54 Å². The van der Waals surface area contributed by atoms with Gasteiger partial charge in [0.05, 0.1) is 14.2 Å². The van der Waals surface area contributed by atoms with Crippen LogP contribution in [0.4, 0.5) is 0 Å². The van der Waals surface area contributed by atoms with E-state index in [2.05, 4.69) is 65.5 Å². The van der Waals surface area contributed by atoms with Crippen molar-refractivity contribution >= 4 is 0 Å². The van der Waals surface area contributed by atoms with Crippen LogP contribution in [0, 0.1) is 0 Å². The summed E-state index contributed by atoms with van der Waals surface area (Å²) in [7, 11) is 3.39. The van der Waals surface area contributed by atoms with Gasteiger partial charge in [-0.15, -0.1) is 0 Å². The molecule has 0 saturated heterocycles. The summed E-state index contributed by atoms with van der Waals surface area (Å²) in [6.07, 6.45) is 4.41. The molecule has 0 fully saturated rings. The Kier molecular flexibility index (Phi) is 5.16. The van der Waals surface area contributed by atoms with Gasteiger partial charge in [-0.2, -0.15) is 0 Å². The molecular formula is C25H23NO2. The molecule has 3 aromatic carbocycles. The maximum Gasteiger partial charge on any atom is 0.119 e. The smallest absolute Gasteiger partial charge is 0.119 e. The second-order valence-corrected chi connectivity index (χ2v) is 6.71. The summed E-state index contributed by atoms with van der Waals surface area (Å²) in [6.45, 7) is 0.821. The lowest BCUT2D eigenvalue weighted by molar-refractivity contribution is 0.415. The zero-order valence-electron chi connectivity index (χ0n) is 16.1. The molecule has 0 atom stereocenters. The average Bonchev–Trinajstić information content (AvgIpc) is 3.18. The van der Waals surface area contributed by atoms with Crippen molar-refractivity contribution in [2.24, 2.45) is 0 Å². The molecule has 3 nitrogen and oxygen atoms in total. The molecule has 0 aliphatic carbocycles. The normalized spacial score (nSPS) is 10.6. The van der Waals surface area contributed by atoms with E-state index < -0.39 is 0 Å². The van der Waals surface area contributed by atoms with Crippen LogP contribution in [0.2, 0.25) is 0 Å². The van der Waals surface area contributed by atoms with E-state index >= 15 is 0 Å². The van der Waals surface area contributed by atoms with Crippen LogP contribution in [0.25, 0.3) is 22.3 Å². The summed E-state index contributed by atoms with van der Waals surface area (Å²) in [5, 5.41) is 0. The third-order valence-electron chi connectivity index (χ3n) is 4.85. The van der Waals surface area contributed by atoms with Crippen molar-refractivity contribution in [1.82, 2.24) is 4.57 Å². The molecule has 0 aliphatic rings. The Morgan fingerprint density at radius 1 is 0.643 bits per heavy atom. The third-order valence-corrected chi connectivity index (χ3v) is 4.85. The van der Waals surface area contributed by atoms with Crippen LogP contribution in [0.5, 0.6) is 11.5 Å². The molecule has 0 bridgehead atoms. The van der Waals surface area contributed by atoms with Crippen molar-refractivity contribution in [2.75, 3.05) is 14.2 Å². The zero-order chi connectivity index (χ0) is 19.3. The topological polar surface area (TPSA) is 23.4 Å². The first-order valence-corrected chi connectivity index (χ1v) is 9.29. The fourth-order valence-corrected chi connectivity index (χ4v) is 3.43. The van der Waals surface area contributed by atoms with Crippen LogP contribution in [0.15, 0.2) is 91.3 Å². The second-order valence-electron chi connectivity index (χ2n) is 6.71. The van der Waals surface area contributed by atoms with E-state index in [1.807, 2.05) is 30.3 Å². The molecule has 28 heavy (non-hydrogen) atoms. The summed E-state index contributed by atoms with van der Waals surface area (Å²) in [6, 6.07) is 26.9. The first-order valence-electron chi connectivity index (χ1n) is 9.29. The predicted molar refractivity (Wildman–Crippen MR) is 114 cm³/mol.